The van der Waals surface area contributed by atoms with Crippen molar-refractivity contribution in [3.05, 3.63) is 100 Å². The number of esters is 1. The third-order valence-electron chi connectivity index (χ3n) is 6.51. The Kier molecular flexibility index (Phi) is 5.20. The van der Waals surface area contributed by atoms with E-state index in [-0.39, 0.29) is 11.3 Å². The number of carbonyl (C=O) groups is 3. The first-order chi connectivity index (χ1) is 16.8. The van der Waals surface area contributed by atoms with E-state index in [1.807, 2.05) is 69.3 Å². The molecule has 3 aromatic rings. The van der Waals surface area contributed by atoms with Gasteiger partial charge in [-0.15, -0.1) is 0 Å². The van der Waals surface area contributed by atoms with Crippen LogP contribution in [0.4, 0.5) is 17.1 Å². The zero-order valence-corrected chi connectivity index (χ0v) is 19.9. The van der Waals surface area contributed by atoms with Crippen molar-refractivity contribution in [2.45, 2.75) is 26.3 Å². The molecule has 2 N–H and O–H groups in total. The molecule has 2 heterocycles. The summed E-state index contributed by atoms with van der Waals surface area (Å²) < 4.78 is 5.16. The molecule has 1 unspecified atom stereocenters. The van der Waals surface area contributed by atoms with E-state index in [0.717, 1.165) is 16.7 Å². The highest BCUT2D eigenvalue weighted by Crippen LogP contribution is 2.53. The smallest absolute Gasteiger partial charge is 0.339 e. The monoisotopic (exact) mass is 467 g/mol. The van der Waals surface area contributed by atoms with Crippen molar-refractivity contribution < 1.29 is 19.1 Å². The second-order valence-electron chi connectivity index (χ2n) is 8.92. The Hall–Kier alpha value is -4.39. The molecule has 5 rings (SSSR count). The summed E-state index contributed by atoms with van der Waals surface area (Å²) >= 11 is 0. The van der Waals surface area contributed by atoms with Crippen LogP contribution in [-0.4, -0.2) is 24.9 Å². The van der Waals surface area contributed by atoms with Crippen LogP contribution < -0.4 is 15.5 Å². The maximum absolute atomic E-state index is 14.1. The van der Waals surface area contributed by atoms with E-state index in [9.17, 15) is 14.4 Å². The molecule has 0 fully saturated rings. The number of aryl methyl sites for hydroxylation is 3. The van der Waals surface area contributed by atoms with Gasteiger partial charge in [-0.1, -0.05) is 53.1 Å². The summed E-state index contributed by atoms with van der Waals surface area (Å²) in [6.45, 7) is 5.80. The number of fused-ring (bicyclic) bond motifs is 2. The lowest BCUT2D eigenvalue weighted by Crippen LogP contribution is -2.52. The molecule has 0 aliphatic carbocycles. The van der Waals surface area contributed by atoms with Crippen molar-refractivity contribution in [1.82, 2.24) is 0 Å². The van der Waals surface area contributed by atoms with Gasteiger partial charge in [0.05, 0.1) is 7.11 Å². The number of carbonyl (C=O) groups excluding carboxylic acids is 3. The number of nitrogens with one attached hydrogen (secondary N) is 2. The van der Waals surface area contributed by atoms with Crippen molar-refractivity contribution >= 4 is 34.8 Å². The average Bonchev–Trinajstić information content (AvgIpc) is 3.26. The number of hydrogen-bond donors (Lipinski definition) is 2. The van der Waals surface area contributed by atoms with Gasteiger partial charge in [0.15, 0.2) is 5.54 Å². The number of hydrogen-bond acceptors (Lipinski definition) is 5. The third-order valence-corrected chi connectivity index (χ3v) is 6.51. The second-order valence-corrected chi connectivity index (χ2v) is 8.92. The Labute approximate surface area is 203 Å². The van der Waals surface area contributed by atoms with E-state index in [0.29, 0.717) is 22.6 Å². The van der Waals surface area contributed by atoms with Gasteiger partial charge in [-0.2, -0.15) is 0 Å². The van der Waals surface area contributed by atoms with Crippen molar-refractivity contribution in [1.29, 1.82) is 0 Å². The molecule has 3 aromatic carbocycles. The van der Waals surface area contributed by atoms with Crippen LogP contribution in [0.15, 0.2) is 78.0 Å². The highest BCUT2D eigenvalue weighted by molar-refractivity contribution is 6.29. The quantitative estimate of drug-likeness (QED) is 0.557. The fourth-order valence-electron chi connectivity index (χ4n) is 4.79. The molecule has 176 valence electrons. The van der Waals surface area contributed by atoms with Crippen LogP contribution in [0.2, 0.25) is 0 Å². The predicted octanol–water partition coefficient (Wildman–Crippen LogP) is 4.35. The molecule has 7 heteroatoms. The first-order valence-electron chi connectivity index (χ1n) is 11.3. The van der Waals surface area contributed by atoms with Crippen LogP contribution in [0.1, 0.15) is 22.3 Å². The molecule has 1 spiro atoms. The maximum Gasteiger partial charge on any atom is 0.339 e. The minimum absolute atomic E-state index is 0.00536. The van der Waals surface area contributed by atoms with E-state index < -0.39 is 23.3 Å². The Morgan fingerprint density at radius 3 is 2.11 bits per heavy atom. The van der Waals surface area contributed by atoms with E-state index in [1.165, 1.54) is 12.0 Å². The summed E-state index contributed by atoms with van der Waals surface area (Å²) in [6.07, 6.45) is 0. The summed E-state index contributed by atoms with van der Waals surface area (Å²) in [5.41, 5.74) is 3.35. The summed E-state index contributed by atoms with van der Waals surface area (Å²) in [7, 11) is 1.25. The first-order valence-corrected chi connectivity index (χ1v) is 11.3. The van der Waals surface area contributed by atoms with Gasteiger partial charge in [-0.05, 0) is 51.1 Å². The SMILES string of the molecule is COC(=O)C1=C(Nc2ccc(C)cc2)C(=O)N(c2ccc(C)cc2)C12C(=O)Nc1ccc(C)cc12. The van der Waals surface area contributed by atoms with Crippen molar-refractivity contribution in [2.24, 2.45) is 0 Å². The number of rotatable bonds is 4. The van der Waals surface area contributed by atoms with Gasteiger partial charge in [0.25, 0.3) is 11.8 Å². The highest BCUT2D eigenvalue weighted by atomic mass is 16.5. The summed E-state index contributed by atoms with van der Waals surface area (Å²) in [5, 5.41) is 6.01. The molecule has 7 nitrogen and oxygen atoms in total. The molecule has 1 atom stereocenters. The maximum atomic E-state index is 14.1. The highest BCUT2D eigenvalue weighted by Gasteiger charge is 2.64. The first kappa shape index (κ1) is 22.4. The third kappa shape index (κ3) is 3.31. The molecule has 0 radical (unpaired) electrons. The minimum atomic E-state index is -1.73. The number of anilines is 3. The molecule has 0 aromatic heterocycles. The van der Waals surface area contributed by atoms with Crippen LogP contribution in [0, 0.1) is 20.8 Å². The van der Waals surface area contributed by atoms with Crippen LogP contribution in [-0.2, 0) is 24.7 Å². The summed E-state index contributed by atoms with van der Waals surface area (Å²) in [4.78, 5) is 42.7. The lowest BCUT2D eigenvalue weighted by molar-refractivity contribution is -0.138. The fraction of sp³-hybridized carbons (Fsp3) is 0.179. The van der Waals surface area contributed by atoms with Gasteiger partial charge in [0.1, 0.15) is 11.3 Å². The van der Waals surface area contributed by atoms with Crippen molar-refractivity contribution in [3.8, 4) is 0 Å². The van der Waals surface area contributed by atoms with Crippen LogP contribution in [0.3, 0.4) is 0 Å². The molecule has 2 amide bonds. The Balaban J connectivity index is 1.82. The zero-order chi connectivity index (χ0) is 24.9. The average molecular weight is 468 g/mol. The van der Waals surface area contributed by atoms with Gasteiger partial charge in [0.2, 0.25) is 0 Å². The summed E-state index contributed by atoms with van der Waals surface area (Å²) in [6, 6.07) is 20.2. The summed E-state index contributed by atoms with van der Waals surface area (Å²) in [5.74, 6) is -1.75. The lowest BCUT2D eigenvalue weighted by atomic mass is 9.82. The molecule has 0 saturated heterocycles. The normalized spacial score (nSPS) is 18.7. The zero-order valence-electron chi connectivity index (χ0n) is 19.9. The number of nitrogens with zero attached hydrogens (tertiary/aromatic N) is 1. The number of benzene rings is 3. The number of ether oxygens (including phenoxy) is 1. The molecular weight excluding hydrogens is 442 g/mol. The van der Waals surface area contributed by atoms with Gasteiger partial charge in [-0.3, -0.25) is 14.5 Å². The van der Waals surface area contributed by atoms with E-state index in [4.69, 9.17) is 4.74 Å². The largest absolute Gasteiger partial charge is 0.466 e. The van der Waals surface area contributed by atoms with Crippen LogP contribution in [0.25, 0.3) is 0 Å². The number of methoxy groups -OCH3 is 1. The van der Waals surface area contributed by atoms with Gasteiger partial charge < -0.3 is 15.4 Å². The fourth-order valence-corrected chi connectivity index (χ4v) is 4.79. The molecule has 0 bridgehead atoms. The molecular formula is C28H25N3O4. The molecule has 0 saturated carbocycles. The lowest BCUT2D eigenvalue weighted by Gasteiger charge is -2.35. The Bertz CT molecular complexity index is 1410. The predicted molar refractivity (Wildman–Crippen MR) is 134 cm³/mol. The Morgan fingerprint density at radius 2 is 1.49 bits per heavy atom. The van der Waals surface area contributed by atoms with Crippen molar-refractivity contribution in [2.75, 3.05) is 22.6 Å². The van der Waals surface area contributed by atoms with E-state index in [2.05, 4.69) is 10.6 Å². The van der Waals surface area contributed by atoms with Crippen LogP contribution >= 0.6 is 0 Å². The van der Waals surface area contributed by atoms with E-state index >= 15 is 0 Å². The van der Waals surface area contributed by atoms with Gasteiger partial charge in [-0.25, -0.2) is 4.79 Å². The Morgan fingerprint density at radius 1 is 0.886 bits per heavy atom. The number of amides is 2. The van der Waals surface area contributed by atoms with Gasteiger partial charge in [0, 0.05) is 22.6 Å². The molecule has 2 aliphatic rings. The van der Waals surface area contributed by atoms with E-state index in [1.54, 1.807) is 18.2 Å². The van der Waals surface area contributed by atoms with Crippen LogP contribution in [0.5, 0.6) is 0 Å². The molecule has 35 heavy (non-hydrogen) atoms. The minimum Gasteiger partial charge on any atom is -0.466 e. The van der Waals surface area contributed by atoms with Crippen molar-refractivity contribution in [3.63, 3.8) is 0 Å². The second kappa shape index (κ2) is 8.13. The van der Waals surface area contributed by atoms with Gasteiger partial charge >= 0.3 is 5.97 Å². The standard InChI is InChI=1S/C28H25N3O4/c1-16-5-10-19(11-6-16)29-24-23(26(33)35-4)28(21-15-18(3)9-14-22(21)30-27(28)34)31(25(24)32)20-12-7-17(2)8-13-20/h5-15,29H,1-4H3,(H,30,34). The molecule has 2 aliphatic heterocycles. The topological polar surface area (TPSA) is 87.7 Å².